The van der Waals surface area contributed by atoms with Gasteiger partial charge in [-0.3, -0.25) is 4.79 Å². The average Bonchev–Trinajstić information content (AvgIpc) is 2.32. The van der Waals surface area contributed by atoms with Gasteiger partial charge in [-0.05, 0) is 19.9 Å². The van der Waals surface area contributed by atoms with Gasteiger partial charge in [-0.25, -0.2) is 9.37 Å². The van der Waals surface area contributed by atoms with Gasteiger partial charge in [0.1, 0.15) is 11.6 Å². The second-order valence-electron chi connectivity index (χ2n) is 4.17. The van der Waals surface area contributed by atoms with Crippen LogP contribution in [-0.4, -0.2) is 42.1 Å². The molecule has 1 amide bonds. The summed E-state index contributed by atoms with van der Waals surface area (Å²) in [6.45, 7) is 4.57. The number of amides is 1. The van der Waals surface area contributed by atoms with Gasteiger partial charge in [-0.1, -0.05) is 0 Å². The number of nitrogen functional groups attached to an aromatic ring is 1. The molecule has 0 saturated carbocycles. The van der Waals surface area contributed by atoms with E-state index in [1.807, 2.05) is 13.8 Å². The Balaban J connectivity index is 2.98. The molecule has 0 aromatic carbocycles. The monoisotopic (exact) mass is 255 g/mol. The van der Waals surface area contributed by atoms with E-state index in [0.717, 1.165) is 12.3 Å². The first-order valence-electron chi connectivity index (χ1n) is 5.68. The van der Waals surface area contributed by atoms with Gasteiger partial charge in [-0.15, -0.1) is 0 Å². The molecule has 0 radical (unpaired) electrons. The van der Waals surface area contributed by atoms with Crippen molar-refractivity contribution in [3.8, 4) is 0 Å². The van der Waals surface area contributed by atoms with Crippen LogP contribution < -0.4 is 5.73 Å². The maximum Gasteiger partial charge on any atom is 0.258 e. The number of methoxy groups -OCH3 is 1. The van der Waals surface area contributed by atoms with Crippen molar-refractivity contribution in [2.45, 2.75) is 19.9 Å². The zero-order chi connectivity index (χ0) is 13.7. The number of nitrogens with zero attached hydrogens (tertiary/aromatic N) is 2. The molecule has 6 heteroatoms. The number of nitrogens with two attached hydrogens (primary N) is 1. The van der Waals surface area contributed by atoms with Gasteiger partial charge in [0.15, 0.2) is 0 Å². The number of carbonyl (C=O) groups excluding carboxylic acids is 1. The number of pyridine rings is 1. The topological polar surface area (TPSA) is 68.5 Å². The zero-order valence-electron chi connectivity index (χ0n) is 10.8. The number of ether oxygens (including phenoxy) is 1. The third-order valence-corrected chi connectivity index (χ3v) is 2.54. The molecule has 1 aromatic rings. The van der Waals surface area contributed by atoms with Crippen molar-refractivity contribution >= 4 is 11.7 Å². The Morgan fingerprint density at radius 2 is 2.28 bits per heavy atom. The lowest BCUT2D eigenvalue weighted by atomic mass is 10.2. The summed E-state index contributed by atoms with van der Waals surface area (Å²) in [7, 11) is 1.56. The van der Waals surface area contributed by atoms with Gasteiger partial charge in [0.2, 0.25) is 0 Å². The predicted molar refractivity (Wildman–Crippen MR) is 66.7 cm³/mol. The Morgan fingerprint density at radius 1 is 1.61 bits per heavy atom. The first-order chi connectivity index (χ1) is 8.47. The smallest absolute Gasteiger partial charge is 0.258 e. The van der Waals surface area contributed by atoms with E-state index >= 15 is 0 Å². The fourth-order valence-corrected chi connectivity index (χ4v) is 1.56. The first kappa shape index (κ1) is 14.4. The normalized spacial score (nSPS) is 10.7. The third-order valence-electron chi connectivity index (χ3n) is 2.54. The zero-order valence-corrected chi connectivity index (χ0v) is 10.8. The minimum Gasteiger partial charge on any atom is -0.383 e. The van der Waals surface area contributed by atoms with E-state index in [-0.39, 0.29) is 23.3 Å². The van der Waals surface area contributed by atoms with Crippen molar-refractivity contribution in [2.75, 3.05) is 26.0 Å². The number of halogens is 1. The lowest BCUT2D eigenvalue weighted by Crippen LogP contribution is -2.39. The number of anilines is 1. The summed E-state index contributed by atoms with van der Waals surface area (Å²) >= 11 is 0. The maximum atomic E-state index is 13.1. The molecular weight excluding hydrogens is 237 g/mol. The molecule has 100 valence electrons. The Kier molecular flexibility index (Phi) is 5.03. The van der Waals surface area contributed by atoms with Gasteiger partial charge >= 0.3 is 0 Å². The highest BCUT2D eigenvalue weighted by atomic mass is 19.1. The van der Waals surface area contributed by atoms with Gasteiger partial charge in [0, 0.05) is 19.7 Å². The van der Waals surface area contributed by atoms with Crippen LogP contribution in [-0.2, 0) is 4.74 Å². The highest BCUT2D eigenvalue weighted by molar-refractivity contribution is 5.98. The summed E-state index contributed by atoms with van der Waals surface area (Å²) in [6, 6.07) is 1.07. The second-order valence-corrected chi connectivity index (χ2v) is 4.17. The highest BCUT2D eigenvalue weighted by Crippen LogP contribution is 2.14. The molecule has 0 atom stereocenters. The molecule has 1 aromatic heterocycles. The van der Waals surface area contributed by atoms with E-state index in [4.69, 9.17) is 10.5 Å². The summed E-state index contributed by atoms with van der Waals surface area (Å²) in [5, 5.41) is 0. The number of hydrogen-bond donors (Lipinski definition) is 1. The fourth-order valence-electron chi connectivity index (χ4n) is 1.56. The third kappa shape index (κ3) is 3.40. The van der Waals surface area contributed by atoms with Crippen molar-refractivity contribution in [1.29, 1.82) is 0 Å². The fraction of sp³-hybridized carbons (Fsp3) is 0.500. The number of aromatic nitrogens is 1. The van der Waals surface area contributed by atoms with Crippen molar-refractivity contribution in [3.63, 3.8) is 0 Å². The van der Waals surface area contributed by atoms with Crippen molar-refractivity contribution in [1.82, 2.24) is 9.88 Å². The van der Waals surface area contributed by atoms with Crippen LogP contribution in [0.15, 0.2) is 12.3 Å². The van der Waals surface area contributed by atoms with Gasteiger partial charge in [0.05, 0.1) is 18.4 Å². The van der Waals surface area contributed by atoms with Gasteiger partial charge in [-0.2, -0.15) is 0 Å². The second kappa shape index (κ2) is 6.30. The Labute approximate surface area is 106 Å². The van der Waals surface area contributed by atoms with Gasteiger partial charge in [0.25, 0.3) is 5.91 Å². The maximum absolute atomic E-state index is 13.1. The predicted octanol–water partition coefficient (Wildman–Crippen LogP) is 1.30. The van der Waals surface area contributed by atoms with E-state index in [1.54, 1.807) is 12.0 Å². The largest absolute Gasteiger partial charge is 0.383 e. The molecule has 1 heterocycles. The van der Waals surface area contributed by atoms with Crippen LogP contribution in [0.2, 0.25) is 0 Å². The SMILES string of the molecule is COCCN(C(=O)c1cc(F)cnc1N)C(C)C. The van der Waals surface area contributed by atoms with Crippen molar-refractivity contribution in [3.05, 3.63) is 23.6 Å². The Morgan fingerprint density at radius 3 is 2.83 bits per heavy atom. The minimum absolute atomic E-state index is 0.0319. The van der Waals surface area contributed by atoms with Crippen LogP contribution in [0.5, 0.6) is 0 Å². The summed E-state index contributed by atoms with van der Waals surface area (Å²) in [5.74, 6) is -0.890. The molecule has 0 bridgehead atoms. The Hall–Kier alpha value is -1.69. The van der Waals surface area contributed by atoms with Crippen LogP contribution >= 0.6 is 0 Å². The average molecular weight is 255 g/mol. The molecule has 5 nitrogen and oxygen atoms in total. The highest BCUT2D eigenvalue weighted by Gasteiger charge is 2.21. The number of hydrogen-bond acceptors (Lipinski definition) is 4. The van der Waals surface area contributed by atoms with Crippen molar-refractivity contribution in [2.24, 2.45) is 0 Å². The molecule has 0 saturated heterocycles. The molecule has 0 fully saturated rings. The van der Waals surface area contributed by atoms with E-state index in [9.17, 15) is 9.18 Å². The molecule has 2 N–H and O–H groups in total. The molecule has 0 aliphatic carbocycles. The lowest BCUT2D eigenvalue weighted by Gasteiger charge is -2.26. The molecule has 18 heavy (non-hydrogen) atoms. The summed E-state index contributed by atoms with van der Waals surface area (Å²) in [5.41, 5.74) is 5.68. The van der Waals surface area contributed by atoms with Crippen molar-refractivity contribution < 1.29 is 13.9 Å². The summed E-state index contributed by atoms with van der Waals surface area (Å²) in [4.78, 5) is 17.5. The van der Waals surface area contributed by atoms with Crippen LogP contribution in [0.1, 0.15) is 24.2 Å². The van der Waals surface area contributed by atoms with E-state index < -0.39 is 5.82 Å². The van der Waals surface area contributed by atoms with Crippen LogP contribution in [0, 0.1) is 5.82 Å². The molecule has 0 unspecified atom stereocenters. The molecule has 1 rings (SSSR count). The molecule has 0 aliphatic rings. The van der Waals surface area contributed by atoms with E-state index in [0.29, 0.717) is 13.2 Å². The van der Waals surface area contributed by atoms with Crippen LogP contribution in [0.25, 0.3) is 0 Å². The van der Waals surface area contributed by atoms with Crippen LogP contribution in [0.4, 0.5) is 10.2 Å². The standard InChI is InChI=1S/C12H18FN3O2/c1-8(2)16(4-5-18-3)12(17)10-6-9(13)7-15-11(10)14/h6-8H,4-5H2,1-3H3,(H2,14,15). The Bertz CT molecular complexity index is 424. The summed E-state index contributed by atoms with van der Waals surface area (Å²) in [6.07, 6.45) is 0.987. The number of rotatable bonds is 5. The minimum atomic E-state index is -0.581. The number of carbonyl (C=O) groups is 1. The first-order valence-corrected chi connectivity index (χ1v) is 5.68. The quantitative estimate of drug-likeness (QED) is 0.861. The lowest BCUT2D eigenvalue weighted by molar-refractivity contribution is 0.0635. The van der Waals surface area contributed by atoms with E-state index in [1.165, 1.54) is 0 Å². The van der Waals surface area contributed by atoms with Gasteiger partial charge < -0.3 is 15.4 Å². The molecular formula is C12H18FN3O2. The molecule has 0 spiro atoms. The summed E-state index contributed by atoms with van der Waals surface area (Å²) < 4.78 is 18.1. The molecule has 0 aliphatic heterocycles. The van der Waals surface area contributed by atoms with E-state index in [2.05, 4.69) is 4.98 Å². The van der Waals surface area contributed by atoms with Crippen LogP contribution in [0.3, 0.4) is 0 Å².